The van der Waals surface area contributed by atoms with Gasteiger partial charge in [0.2, 0.25) is 5.28 Å². The van der Waals surface area contributed by atoms with Gasteiger partial charge in [-0.25, -0.2) is 4.98 Å². The average Bonchev–Trinajstić information content (AvgIpc) is 2.45. The van der Waals surface area contributed by atoms with Crippen molar-refractivity contribution in [1.82, 2.24) is 9.36 Å². The van der Waals surface area contributed by atoms with E-state index in [1.165, 1.54) is 37.2 Å². The van der Waals surface area contributed by atoms with Crippen LogP contribution in [0.4, 0.5) is 0 Å². The summed E-state index contributed by atoms with van der Waals surface area (Å²) in [5, 5.41) is 1.46. The van der Waals surface area contributed by atoms with Crippen molar-refractivity contribution < 1.29 is 0 Å². The molecule has 0 unspecified atom stereocenters. The highest BCUT2D eigenvalue weighted by molar-refractivity contribution is 7.05. The zero-order chi connectivity index (χ0) is 8.81. The molecule has 0 N–H and O–H groups in total. The second-order valence-electron chi connectivity index (χ2n) is 2.77. The molecule has 0 aliphatic rings. The Bertz CT molecular complexity index is 225. The molecule has 1 heterocycles. The zero-order valence-electron chi connectivity index (χ0n) is 7.22. The van der Waals surface area contributed by atoms with E-state index in [9.17, 15) is 0 Å². The Morgan fingerprint density at radius 2 is 2.17 bits per heavy atom. The van der Waals surface area contributed by atoms with Crippen molar-refractivity contribution in [3.63, 3.8) is 0 Å². The fourth-order valence-electron chi connectivity index (χ4n) is 1.04. The summed E-state index contributed by atoms with van der Waals surface area (Å²) in [6.07, 6.45) is 6.11. The van der Waals surface area contributed by atoms with E-state index in [-0.39, 0.29) is 0 Å². The number of aromatic nitrogens is 2. The lowest BCUT2D eigenvalue weighted by Crippen LogP contribution is -1.83. The summed E-state index contributed by atoms with van der Waals surface area (Å²) < 4.78 is 3.91. The molecule has 0 fully saturated rings. The molecule has 12 heavy (non-hydrogen) atoms. The molecular formula is C8H13ClN2S. The van der Waals surface area contributed by atoms with Gasteiger partial charge >= 0.3 is 0 Å². The highest BCUT2D eigenvalue weighted by Gasteiger charge is 1.99. The molecule has 0 saturated heterocycles. The number of nitrogens with zero attached hydrogens (tertiary/aromatic N) is 2. The summed E-state index contributed by atoms with van der Waals surface area (Å²) in [6, 6.07) is 0. The van der Waals surface area contributed by atoms with E-state index >= 15 is 0 Å². The predicted molar refractivity (Wildman–Crippen MR) is 52.8 cm³/mol. The second-order valence-corrected chi connectivity index (χ2v) is 3.94. The van der Waals surface area contributed by atoms with Crippen LogP contribution in [0.5, 0.6) is 0 Å². The molecule has 0 aliphatic heterocycles. The Morgan fingerprint density at radius 1 is 1.33 bits per heavy atom. The van der Waals surface area contributed by atoms with Crippen molar-refractivity contribution in [2.24, 2.45) is 0 Å². The van der Waals surface area contributed by atoms with E-state index in [4.69, 9.17) is 11.6 Å². The normalized spacial score (nSPS) is 10.5. The molecule has 0 amide bonds. The minimum Gasteiger partial charge on any atom is -0.210 e. The van der Waals surface area contributed by atoms with Gasteiger partial charge in [-0.15, -0.1) is 0 Å². The molecule has 0 bridgehead atoms. The molecule has 4 heteroatoms. The van der Waals surface area contributed by atoms with E-state index in [1.54, 1.807) is 0 Å². The first-order valence-corrected chi connectivity index (χ1v) is 5.46. The van der Waals surface area contributed by atoms with Gasteiger partial charge in [-0.3, -0.25) is 0 Å². The standard InChI is InChI=1S/C8H13ClN2S/c1-2-3-4-5-6-7-10-8(9)11-12-7/h2-6H2,1H3. The van der Waals surface area contributed by atoms with Gasteiger partial charge in [-0.1, -0.05) is 26.2 Å². The largest absolute Gasteiger partial charge is 0.234 e. The molecular weight excluding hydrogens is 192 g/mol. The van der Waals surface area contributed by atoms with E-state index in [0.29, 0.717) is 5.28 Å². The summed E-state index contributed by atoms with van der Waals surface area (Å²) in [4.78, 5) is 4.08. The summed E-state index contributed by atoms with van der Waals surface area (Å²) >= 11 is 7.00. The first-order chi connectivity index (χ1) is 5.83. The van der Waals surface area contributed by atoms with Crippen LogP contribution in [0.1, 0.15) is 37.6 Å². The topological polar surface area (TPSA) is 25.8 Å². The van der Waals surface area contributed by atoms with Crippen molar-refractivity contribution in [1.29, 1.82) is 0 Å². The lowest BCUT2D eigenvalue weighted by atomic mass is 10.2. The zero-order valence-corrected chi connectivity index (χ0v) is 8.79. The molecule has 2 nitrogen and oxygen atoms in total. The lowest BCUT2D eigenvalue weighted by molar-refractivity contribution is 0.665. The Balaban J connectivity index is 2.15. The highest BCUT2D eigenvalue weighted by Crippen LogP contribution is 2.12. The summed E-state index contributed by atoms with van der Waals surface area (Å²) in [6.45, 7) is 2.21. The quantitative estimate of drug-likeness (QED) is 0.688. The van der Waals surface area contributed by atoms with Crippen molar-refractivity contribution in [3.05, 3.63) is 10.3 Å². The number of hydrogen-bond acceptors (Lipinski definition) is 3. The monoisotopic (exact) mass is 204 g/mol. The first kappa shape index (κ1) is 9.93. The van der Waals surface area contributed by atoms with Gasteiger partial charge in [0, 0.05) is 6.42 Å². The molecule has 0 spiro atoms. The SMILES string of the molecule is CCCCCCc1nc(Cl)ns1. The minimum atomic E-state index is 0.394. The van der Waals surface area contributed by atoms with Gasteiger partial charge in [0.05, 0.1) is 0 Å². The van der Waals surface area contributed by atoms with Gasteiger partial charge in [-0.2, -0.15) is 4.37 Å². The van der Waals surface area contributed by atoms with E-state index in [0.717, 1.165) is 11.4 Å². The maximum absolute atomic E-state index is 5.59. The number of hydrogen-bond donors (Lipinski definition) is 0. The highest BCUT2D eigenvalue weighted by atomic mass is 35.5. The van der Waals surface area contributed by atoms with Crippen LogP contribution in [0.3, 0.4) is 0 Å². The van der Waals surface area contributed by atoms with Gasteiger partial charge in [-0.05, 0) is 29.6 Å². The van der Waals surface area contributed by atoms with Crippen LogP contribution < -0.4 is 0 Å². The maximum Gasteiger partial charge on any atom is 0.234 e. The van der Waals surface area contributed by atoms with Gasteiger partial charge in [0.25, 0.3) is 0 Å². The Kier molecular flexibility index (Phi) is 4.54. The number of aryl methyl sites for hydroxylation is 1. The molecule has 1 aromatic rings. The Hall–Kier alpha value is -0.150. The molecule has 0 saturated carbocycles. The van der Waals surface area contributed by atoms with Crippen molar-refractivity contribution in [2.75, 3.05) is 0 Å². The number of halogens is 1. The van der Waals surface area contributed by atoms with Crippen LogP contribution in [0.15, 0.2) is 0 Å². The lowest BCUT2D eigenvalue weighted by Gasteiger charge is -1.94. The molecule has 0 aliphatic carbocycles. The van der Waals surface area contributed by atoms with Crippen LogP contribution in [0.25, 0.3) is 0 Å². The van der Waals surface area contributed by atoms with Crippen molar-refractivity contribution >= 4 is 23.1 Å². The fraction of sp³-hybridized carbons (Fsp3) is 0.750. The van der Waals surface area contributed by atoms with Crippen LogP contribution >= 0.6 is 23.1 Å². The number of unbranched alkanes of at least 4 members (excludes halogenated alkanes) is 3. The van der Waals surface area contributed by atoms with Gasteiger partial charge in [0.15, 0.2) is 0 Å². The predicted octanol–water partition coefficient (Wildman–Crippen LogP) is 3.31. The van der Waals surface area contributed by atoms with E-state index < -0.39 is 0 Å². The van der Waals surface area contributed by atoms with Crippen molar-refractivity contribution in [2.45, 2.75) is 39.0 Å². The molecule has 0 atom stereocenters. The summed E-state index contributed by atoms with van der Waals surface area (Å²) in [5.41, 5.74) is 0. The number of rotatable bonds is 5. The van der Waals surface area contributed by atoms with Crippen LogP contribution in [-0.2, 0) is 6.42 Å². The van der Waals surface area contributed by atoms with E-state index in [1.807, 2.05) is 0 Å². The van der Waals surface area contributed by atoms with E-state index in [2.05, 4.69) is 16.3 Å². The molecule has 68 valence electrons. The van der Waals surface area contributed by atoms with Crippen LogP contribution in [0.2, 0.25) is 5.28 Å². The van der Waals surface area contributed by atoms with Crippen molar-refractivity contribution in [3.8, 4) is 0 Å². The van der Waals surface area contributed by atoms with Gasteiger partial charge < -0.3 is 0 Å². The Labute approximate surface area is 82.1 Å². The molecule has 0 radical (unpaired) electrons. The third kappa shape index (κ3) is 3.50. The maximum atomic E-state index is 5.59. The molecule has 1 aromatic heterocycles. The van der Waals surface area contributed by atoms with Crippen LogP contribution in [0, 0.1) is 0 Å². The molecule has 1 rings (SSSR count). The molecule has 0 aromatic carbocycles. The first-order valence-electron chi connectivity index (χ1n) is 4.31. The second kappa shape index (κ2) is 5.49. The third-order valence-electron chi connectivity index (χ3n) is 1.69. The Morgan fingerprint density at radius 3 is 2.75 bits per heavy atom. The smallest absolute Gasteiger partial charge is 0.210 e. The van der Waals surface area contributed by atoms with Crippen LogP contribution in [-0.4, -0.2) is 9.36 Å². The van der Waals surface area contributed by atoms with Gasteiger partial charge in [0.1, 0.15) is 5.01 Å². The minimum absolute atomic E-state index is 0.394. The third-order valence-corrected chi connectivity index (χ3v) is 2.73. The summed E-state index contributed by atoms with van der Waals surface area (Å²) in [5.74, 6) is 0. The average molecular weight is 205 g/mol. The summed E-state index contributed by atoms with van der Waals surface area (Å²) in [7, 11) is 0. The fourth-order valence-corrected chi connectivity index (χ4v) is 1.88.